The van der Waals surface area contributed by atoms with Crippen molar-refractivity contribution >= 4 is 38.9 Å². The number of halogens is 1. The third kappa shape index (κ3) is 2.99. The molecule has 2 atom stereocenters. The predicted molar refractivity (Wildman–Crippen MR) is 85.8 cm³/mol. The minimum Gasteiger partial charge on any atom is -0.351 e. The lowest BCUT2D eigenvalue weighted by Gasteiger charge is -2.26. The van der Waals surface area contributed by atoms with E-state index in [0.717, 1.165) is 27.8 Å². The summed E-state index contributed by atoms with van der Waals surface area (Å²) in [6, 6.07) is 10.1. The van der Waals surface area contributed by atoms with Gasteiger partial charge in [-0.05, 0) is 36.3 Å². The minimum atomic E-state index is 0.0284. The molecule has 0 aliphatic heterocycles. The molecule has 1 aromatic carbocycles. The van der Waals surface area contributed by atoms with Crippen LogP contribution in [0.1, 0.15) is 35.4 Å². The van der Waals surface area contributed by atoms with Gasteiger partial charge in [0.2, 0.25) is 0 Å². The summed E-state index contributed by atoms with van der Waals surface area (Å²) in [6.07, 6.45) is 4.65. The Hall–Kier alpha value is -1.06. The Labute approximate surface area is 128 Å². The lowest BCUT2D eigenvalue weighted by Crippen LogP contribution is -2.34. The number of rotatable bonds is 3. The summed E-state index contributed by atoms with van der Waals surface area (Å²) >= 11 is 7.88. The number of amides is 1. The molecular weight excluding hydrogens is 290 g/mol. The maximum atomic E-state index is 12.2. The lowest BCUT2D eigenvalue weighted by molar-refractivity contribution is 0.0948. The van der Waals surface area contributed by atoms with Gasteiger partial charge in [0.05, 0.1) is 4.88 Å². The van der Waals surface area contributed by atoms with E-state index in [1.165, 1.54) is 12.8 Å². The van der Waals surface area contributed by atoms with Crippen LogP contribution in [0.2, 0.25) is 0 Å². The van der Waals surface area contributed by atoms with E-state index in [1.807, 2.05) is 30.3 Å². The first kappa shape index (κ1) is 13.9. The molecule has 1 aliphatic carbocycles. The first-order chi connectivity index (χ1) is 9.74. The van der Waals surface area contributed by atoms with Gasteiger partial charge in [-0.1, -0.05) is 31.0 Å². The van der Waals surface area contributed by atoms with Gasteiger partial charge < -0.3 is 5.32 Å². The molecule has 106 valence electrons. The molecule has 0 spiro atoms. The molecule has 1 saturated carbocycles. The normalized spacial score (nSPS) is 22.9. The molecule has 0 radical (unpaired) electrons. The Bertz CT molecular complexity index is 576. The van der Waals surface area contributed by atoms with Crippen LogP contribution in [0.25, 0.3) is 10.1 Å². The Kier molecular flexibility index (Phi) is 4.27. The zero-order valence-corrected chi connectivity index (χ0v) is 12.8. The highest BCUT2D eigenvalue weighted by atomic mass is 35.5. The first-order valence-corrected chi connectivity index (χ1v) is 8.40. The van der Waals surface area contributed by atoms with Crippen molar-refractivity contribution in [2.75, 3.05) is 6.54 Å². The van der Waals surface area contributed by atoms with Gasteiger partial charge >= 0.3 is 0 Å². The third-order valence-corrected chi connectivity index (χ3v) is 5.68. The molecule has 0 bridgehead atoms. The maximum absolute atomic E-state index is 12.2. The third-order valence-electron chi connectivity index (χ3n) is 3.99. The summed E-state index contributed by atoms with van der Waals surface area (Å²) in [4.78, 5) is 13.0. The summed E-state index contributed by atoms with van der Waals surface area (Å²) in [7, 11) is 0. The summed E-state index contributed by atoms with van der Waals surface area (Å²) < 4.78 is 1.16. The van der Waals surface area contributed by atoms with Crippen molar-refractivity contribution < 1.29 is 4.79 Å². The van der Waals surface area contributed by atoms with Crippen molar-refractivity contribution in [2.45, 2.75) is 31.1 Å². The molecule has 1 heterocycles. The Morgan fingerprint density at radius 3 is 2.90 bits per heavy atom. The average molecular weight is 308 g/mol. The number of alkyl halides is 1. The second-order valence-corrected chi connectivity index (χ2v) is 7.06. The fourth-order valence-electron chi connectivity index (χ4n) is 2.80. The van der Waals surface area contributed by atoms with Crippen LogP contribution in [0.3, 0.4) is 0 Å². The van der Waals surface area contributed by atoms with Crippen LogP contribution in [0, 0.1) is 5.92 Å². The summed E-state index contributed by atoms with van der Waals surface area (Å²) in [5, 5.41) is 4.40. The first-order valence-electron chi connectivity index (χ1n) is 7.15. The van der Waals surface area contributed by atoms with E-state index in [4.69, 9.17) is 11.6 Å². The van der Waals surface area contributed by atoms with E-state index in [-0.39, 0.29) is 11.3 Å². The zero-order valence-electron chi connectivity index (χ0n) is 11.3. The number of thiophene rings is 1. The topological polar surface area (TPSA) is 29.1 Å². The Morgan fingerprint density at radius 1 is 1.30 bits per heavy atom. The largest absolute Gasteiger partial charge is 0.351 e. The van der Waals surface area contributed by atoms with Crippen molar-refractivity contribution in [1.29, 1.82) is 0 Å². The van der Waals surface area contributed by atoms with E-state index in [1.54, 1.807) is 11.3 Å². The van der Waals surface area contributed by atoms with E-state index in [0.29, 0.717) is 12.5 Å². The van der Waals surface area contributed by atoms with Crippen molar-refractivity contribution in [3.8, 4) is 0 Å². The van der Waals surface area contributed by atoms with Gasteiger partial charge in [0.25, 0.3) is 5.91 Å². The molecule has 1 aliphatic rings. The molecular formula is C16H18ClNOS. The SMILES string of the molecule is O=C(NCC1CCCCC1Cl)c1cc2ccccc2s1. The van der Waals surface area contributed by atoms with Gasteiger partial charge in [0.1, 0.15) is 0 Å². The minimum absolute atomic E-state index is 0.0284. The van der Waals surface area contributed by atoms with Gasteiger partial charge in [-0.2, -0.15) is 0 Å². The van der Waals surface area contributed by atoms with Crippen LogP contribution < -0.4 is 5.32 Å². The van der Waals surface area contributed by atoms with Crippen molar-refractivity contribution in [3.05, 3.63) is 35.2 Å². The van der Waals surface area contributed by atoms with Crippen LogP contribution in [-0.4, -0.2) is 17.8 Å². The molecule has 4 heteroatoms. The molecule has 20 heavy (non-hydrogen) atoms. The molecule has 1 N–H and O–H groups in total. The highest BCUT2D eigenvalue weighted by Crippen LogP contribution is 2.28. The fraction of sp³-hybridized carbons (Fsp3) is 0.438. The van der Waals surface area contributed by atoms with E-state index in [2.05, 4.69) is 5.32 Å². The maximum Gasteiger partial charge on any atom is 0.261 e. The molecule has 1 amide bonds. The van der Waals surface area contributed by atoms with Gasteiger partial charge in [0, 0.05) is 16.6 Å². The van der Waals surface area contributed by atoms with Crippen LogP contribution in [0.4, 0.5) is 0 Å². The van der Waals surface area contributed by atoms with Crippen LogP contribution in [0.15, 0.2) is 30.3 Å². The van der Waals surface area contributed by atoms with Gasteiger partial charge in [-0.3, -0.25) is 4.79 Å². The fourth-order valence-corrected chi connectivity index (χ4v) is 4.15. The van der Waals surface area contributed by atoms with Gasteiger partial charge in [0.15, 0.2) is 0 Å². The number of benzene rings is 1. The Balaban J connectivity index is 1.64. The van der Waals surface area contributed by atoms with E-state index in [9.17, 15) is 4.79 Å². The second-order valence-electron chi connectivity index (χ2n) is 5.42. The highest BCUT2D eigenvalue weighted by Gasteiger charge is 2.23. The smallest absolute Gasteiger partial charge is 0.261 e. The quantitative estimate of drug-likeness (QED) is 0.835. The molecule has 2 aromatic rings. The average Bonchev–Trinajstić information content (AvgIpc) is 2.90. The predicted octanol–water partition coefficient (Wildman–Crippen LogP) is 4.43. The standard InChI is InChI=1S/C16H18ClNOS/c17-13-7-3-1-6-12(13)10-18-16(19)15-9-11-5-2-4-8-14(11)20-15/h2,4-5,8-9,12-13H,1,3,6-7,10H2,(H,18,19). The molecule has 1 fully saturated rings. The van der Waals surface area contributed by atoms with Crippen molar-refractivity contribution in [1.82, 2.24) is 5.32 Å². The Morgan fingerprint density at radius 2 is 2.10 bits per heavy atom. The number of hydrogen-bond acceptors (Lipinski definition) is 2. The highest BCUT2D eigenvalue weighted by molar-refractivity contribution is 7.20. The molecule has 0 saturated heterocycles. The number of hydrogen-bond donors (Lipinski definition) is 1. The van der Waals surface area contributed by atoms with Gasteiger partial charge in [-0.15, -0.1) is 22.9 Å². The molecule has 1 aromatic heterocycles. The van der Waals surface area contributed by atoms with Crippen molar-refractivity contribution in [2.24, 2.45) is 5.92 Å². The van der Waals surface area contributed by atoms with Crippen LogP contribution in [-0.2, 0) is 0 Å². The summed E-state index contributed by atoms with van der Waals surface area (Å²) in [5.74, 6) is 0.449. The van der Waals surface area contributed by atoms with Crippen LogP contribution in [0.5, 0.6) is 0 Å². The zero-order chi connectivity index (χ0) is 13.9. The van der Waals surface area contributed by atoms with Crippen LogP contribution >= 0.6 is 22.9 Å². The monoisotopic (exact) mass is 307 g/mol. The van der Waals surface area contributed by atoms with E-state index >= 15 is 0 Å². The summed E-state index contributed by atoms with van der Waals surface area (Å²) in [6.45, 7) is 0.696. The second kappa shape index (κ2) is 6.15. The number of carbonyl (C=O) groups excluding carboxylic acids is 1. The lowest BCUT2D eigenvalue weighted by atomic mass is 9.89. The van der Waals surface area contributed by atoms with Gasteiger partial charge in [-0.25, -0.2) is 0 Å². The number of carbonyl (C=O) groups is 1. The number of nitrogens with one attached hydrogen (secondary N) is 1. The van der Waals surface area contributed by atoms with Crippen molar-refractivity contribution in [3.63, 3.8) is 0 Å². The molecule has 2 unspecified atom stereocenters. The van der Waals surface area contributed by atoms with E-state index < -0.39 is 0 Å². The number of fused-ring (bicyclic) bond motifs is 1. The summed E-state index contributed by atoms with van der Waals surface area (Å²) in [5.41, 5.74) is 0. The molecule has 2 nitrogen and oxygen atoms in total. The molecule has 3 rings (SSSR count).